The highest BCUT2D eigenvalue weighted by atomic mass is 16.3. The first kappa shape index (κ1) is 11.4. The summed E-state index contributed by atoms with van der Waals surface area (Å²) in [6.07, 6.45) is 4.29. The number of nitrogens with zero attached hydrogens (tertiary/aromatic N) is 1. The molecule has 0 saturated heterocycles. The summed E-state index contributed by atoms with van der Waals surface area (Å²) in [5, 5.41) is 5.65. The van der Waals surface area contributed by atoms with Gasteiger partial charge in [0.15, 0.2) is 5.58 Å². The lowest BCUT2D eigenvalue weighted by molar-refractivity contribution is 0.651. The molecule has 0 aliphatic carbocycles. The molecule has 1 N–H and O–H groups in total. The monoisotopic (exact) mass is 264 g/mol. The van der Waals surface area contributed by atoms with Crippen molar-refractivity contribution in [3.8, 4) is 0 Å². The van der Waals surface area contributed by atoms with Crippen molar-refractivity contribution < 1.29 is 4.42 Å². The Labute approximate surface area is 117 Å². The van der Waals surface area contributed by atoms with Crippen molar-refractivity contribution in [2.45, 2.75) is 20.0 Å². The predicted molar refractivity (Wildman–Crippen MR) is 82.7 cm³/mol. The molecule has 0 fully saturated rings. The summed E-state index contributed by atoms with van der Waals surface area (Å²) in [6, 6.07) is 12.5. The van der Waals surface area contributed by atoms with E-state index >= 15 is 0 Å². The van der Waals surface area contributed by atoms with Crippen LogP contribution in [0, 0.1) is 6.92 Å². The summed E-state index contributed by atoms with van der Waals surface area (Å²) in [5.41, 5.74) is 4.27. The van der Waals surface area contributed by atoms with Gasteiger partial charge in [0.2, 0.25) is 0 Å². The molecule has 1 atom stereocenters. The first-order chi connectivity index (χ1) is 9.75. The highest BCUT2D eigenvalue weighted by Gasteiger charge is 2.22. The number of benzene rings is 2. The van der Waals surface area contributed by atoms with Crippen LogP contribution >= 0.6 is 0 Å². The van der Waals surface area contributed by atoms with Gasteiger partial charge in [-0.25, -0.2) is 0 Å². The van der Waals surface area contributed by atoms with Crippen LogP contribution in [0.15, 0.2) is 53.2 Å². The molecule has 1 aliphatic rings. The molecule has 0 amide bonds. The van der Waals surface area contributed by atoms with Crippen molar-refractivity contribution in [3.05, 3.63) is 54.4 Å². The summed E-state index contributed by atoms with van der Waals surface area (Å²) in [5.74, 6) is 0. The number of anilines is 1. The minimum absolute atomic E-state index is 0.243. The van der Waals surface area contributed by atoms with Gasteiger partial charge in [-0.1, -0.05) is 30.3 Å². The van der Waals surface area contributed by atoms with E-state index in [0.29, 0.717) is 0 Å². The molecule has 1 aromatic heterocycles. The quantitative estimate of drug-likeness (QED) is 0.716. The molecule has 3 nitrogen and oxygen atoms in total. The highest BCUT2D eigenvalue weighted by molar-refractivity contribution is 6.09. The maximum Gasteiger partial charge on any atom is 0.159 e. The van der Waals surface area contributed by atoms with Crippen molar-refractivity contribution in [1.82, 2.24) is 5.32 Å². The Bertz CT molecular complexity index is 831. The topological polar surface area (TPSA) is 28.4 Å². The summed E-state index contributed by atoms with van der Waals surface area (Å²) in [7, 11) is 0. The molecule has 1 aliphatic heterocycles. The summed E-state index contributed by atoms with van der Waals surface area (Å²) >= 11 is 0. The molecule has 0 radical (unpaired) electrons. The minimum Gasteiger partial charge on any atom is -0.454 e. The van der Waals surface area contributed by atoms with Crippen LogP contribution in [0.2, 0.25) is 0 Å². The van der Waals surface area contributed by atoms with E-state index in [1.165, 1.54) is 16.3 Å². The maximum atomic E-state index is 6.12. The molecule has 4 rings (SSSR count). The average Bonchev–Trinajstić information content (AvgIpc) is 3.02. The summed E-state index contributed by atoms with van der Waals surface area (Å²) in [6.45, 7) is 4.27. The summed E-state index contributed by atoms with van der Waals surface area (Å²) in [4.78, 5) is 2.22. The van der Waals surface area contributed by atoms with Crippen molar-refractivity contribution in [2.75, 3.05) is 4.90 Å². The van der Waals surface area contributed by atoms with Crippen LogP contribution in [-0.4, -0.2) is 6.17 Å². The van der Waals surface area contributed by atoms with E-state index in [1.54, 1.807) is 0 Å². The van der Waals surface area contributed by atoms with Gasteiger partial charge in [-0.05, 0) is 25.5 Å². The molecule has 2 aromatic carbocycles. The Morgan fingerprint density at radius 2 is 1.95 bits per heavy atom. The van der Waals surface area contributed by atoms with Gasteiger partial charge in [-0.3, -0.25) is 0 Å². The van der Waals surface area contributed by atoms with E-state index in [2.05, 4.69) is 54.5 Å². The Hall–Kier alpha value is -2.42. The molecule has 0 spiro atoms. The molecule has 0 saturated carbocycles. The van der Waals surface area contributed by atoms with Gasteiger partial charge >= 0.3 is 0 Å². The van der Waals surface area contributed by atoms with Gasteiger partial charge in [-0.2, -0.15) is 0 Å². The predicted octanol–water partition coefficient (Wildman–Crippen LogP) is 4.12. The van der Waals surface area contributed by atoms with Crippen LogP contribution in [-0.2, 0) is 0 Å². The standard InChI is InChI=1S/C17H16N2O/c1-11-7-8-14-13-5-3-4-6-15(13)20-17(14)16(11)19-10-9-18-12(19)2/h3-10,12,18H,1-2H3. The van der Waals surface area contributed by atoms with Crippen LogP contribution in [0.1, 0.15) is 12.5 Å². The van der Waals surface area contributed by atoms with Gasteiger partial charge < -0.3 is 14.6 Å². The maximum absolute atomic E-state index is 6.12. The molecule has 3 heteroatoms. The highest BCUT2D eigenvalue weighted by Crippen LogP contribution is 2.38. The molecule has 0 bridgehead atoms. The Morgan fingerprint density at radius 3 is 2.75 bits per heavy atom. The van der Waals surface area contributed by atoms with Crippen LogP contribution in [0.25, 0.3) is 21.9 Å². The fraction of sp³-hybridized carbons (Fsp3) is 0.176. The Kier molecular flexibility index (Phi) is 2.30. The third-order valence-corrected chi connectivity index (χ3v) is 3.97. The second-order valence-electron chi connectivity index (χ2n) is 5.27. The number of fused-ring (bicyclic) bond motifs is 3. The molecule has 1 unspecified atom stereocenters. The third kappa shape index (κ3) is 1.46. The average molecular weight is 264 g/mol. The largest absolute Gasteiger partial charge is 0.454 e. The normalized spacial score (nSPS) is 18.1. The lowest BCUT2D eigenvalue weighted by Crippen LogP contribution is -2.32. The number of para-hydroxylation sites is 1. The first-order valence-corrected chi connectivity index (χ1v) is 6.87. The fourth-order valence-electron chi connectivity index (χ4n) is 2.93. The van der Waals surface area contributed by atoms with Crippen molar-refractivity contribution in [3.63, 3.8) is 0 Å². The van der Waals surface area contributed by atoms with Crippen molar-refractivity contribution in [2.24, 2.45) is 0 Å². The van der Waals surface area contributed by atoms with E-state index in [4.69, 9.17) is 4.42 Å². The molecular weight excluding hydrogens is 248 g/mol. The molecule has 20 heavy (non-hydrogen) atoms. The zero-order valence-corrected chi connectivity index (χ0v) is 11.6. The molecular formula is C17H16N2O. The molecule has 100 valence electrons. The zero-order valence-electron chi connectivity index (χ0n) is 11.6. The van der Waals surface area contributed by atoms with E-state index < -0.39 is 0 Å². The van der Waals surface area contributed by atoms with Crippen LogP contribution in [0.3, 0.4) is 0 Å². The van der Waals surface area contributed by atoms with Gasteiger partial charge in [-0.15, -0.1) is 0 Å². The van der Waals surface area contributed by atoms with Crippen LogP contribution < -0.4 is 10.2 Å². The third-order valence-electron chi connectivity index (χ3n) is 3.97. The molecule has 3 aromatic rings. The van der Waals surface area contributed by atoms with Gasteiger partial charge in [0, 0.05) is 23.2 Å². The number of aryl methyl sites for hydroxylation is 1. The lowest BCUT2D eigenvalue weighted by Gasteiger charge is -2.24. The number of nitrogens with one attached hydrogen (secondary N) is 1. The van der Waals surface area contributed by atoms with Gasteiger partial charge in [0.05, 0.1) is 5.69 Å². The number of furan rings is 1. The summed E-state index contributed by atoms with van der Waals surface area (Å²) < 4.78 is 6.12. The van der Waals surface area contributed by atoms with E-state index in [9.17, 15) is 0 Å². The zero-order chi connectivity index (χ0) is 13.7. The van der Waals surface area contributed by atoms with Crippen molar-refractivity contribution in [1.29, 1.82) is 0 Å². The number of hydrogen-bond acceptors (Lipinski definition) is 3. The fourth-order valence-corrected chi connectivity index (χ4v) is 2.93. The second kappa shape index (κ2) is 4.04. The van der Waals surface area contributed by atoms with Gasteiger partial charge in [0.25, 0.3) is 0 Å². The van der Waals surface area contributed by atoms with E-state index in [0.717, 1.165) is 16.9 Å². The van der Waals surface area contributed by atoms with E-state index in [1.807, 2.05) is 18.3 Å². The lowest BCUT2D eigenvalue weighted by atomic mass is 10.1. The number of rotatable bonds is 1. The Morgan fingerprint density at radius 1 is 1.10 bits per heavy atom. The molecule has 2 heterocycles. The second-order valence-corrected chi connectivity index (χ2v) is 5.27. The smallest absolute Gasteiger partial charge is 0.159 e. The first-order valence-electron chi connectivity index (χ1n) is 6.87. The van der Waals surface area contributed by atoms with Gasteiger partial charge in [0.1, 0.15) is 11.7 Å². The minimum atomic E-state index is 0.243. The Balaban J connectivity index is 2.08. The van der Waals surface area contributed by atoms with Crippen LogP contribution in [0.4, 0.5) is 5.69 Å². The van der Waals surface area contributed by atoms with E-state index in [-0.39, 0.29) is 6.17 Å². The van der Waals surface area contributed by atoms with Crippen molar-refractivity contribution >= 4 is 27.6 Å². The SMILES string of the molecule is Cc1ccc2c(oc3ccccc32)c1N1C=CNC1C. The number of hydrogen-bond donors (Lipinski definition) is 1. The van der Waals surface area contributed by atoms with Crippen LogP contribution in [0.5, 0.6) is 0 Å².